The second-order valence-corrected chi connectivity index (χ2v) is 7.45. The minimum absolute atomic E-state index is 0.000448. The molecule has 0 aromatic heterocycles. The average molecular weight is 434 g/mol. The Balaban J connectivity index is 1.57. The third kappa shape index (κ3) is 3.91. The molecule has 2 aliphatic rings. The van der Waals surface area contributed by atoms with Crippen LogP contribution in [-0.4, -0.2) is 80.3 Å². The fourth-order valence-electron chi connectivity index (χ4n) is 3.68. The van der Waals surface area contributed by atoms with E-state index < -0.39 is 49.0 Å². The number of benzene rings is 2. The molecular formula is C21H22O10. The number of fused-ring (bicyclic) bond motifs is 1. The summed E-state index contributed by atoms with van der Waals surface area (Å²) in [5.74, 6) is -1.34. The minimum Gasteiger partial charge on any atom is -0.508 e. The largest absolute Gasteiger partial charge is 0.508 e. The molecule has 2 heterocycles. The van der Waals surface area contributed by atoms with Gasteiger partial charge in [-0.3, -0.25) is 4.79 Å². The molecule has 2 aliphatic heterocycles. The second kappa shape index (κ2) is 8.33. The zero-order valence-corrected chi connectivity index (χ0v) is 16.2. The third-order valence-corrected chi connectivity index (χ3v) is 5.42. The number of aliphatic hydroxyl groups excluding tert-OH is 4. The van der Waals surface area contributed by atoms with Crippen LogP contribution in [0.2, 0.25) is 0 Å². The Morgan fingerprint density at radius 3 is 2.39 bits per heavy atom. The molecule has 6 atom stereocenters. The van der Waals surface area contributed by atoms with Crippen LogP contribution in [0, 0.1) is 0 Å². The van der Waals surface area contributed by atoms with Crippen LogP contribution in [0.5, 0.6) is 23.0 Å². The molecule has 166 valence electrons. The molecule has 10 nitrogen and oxygen atoms in total. The van der Waals surface area contributed by atoms with Gasteiger partial charge in [-0.2, -0.15) is 0 Å². The highest BCUT2D eigenvalue weighted by atomic mass is 16.7. The maximum atomic E-state index is 12.9. The lowest BCUT2D eigenvalue weighted by molar-refractivity contribution is -0.277. The number of rotatable bonds is 4. The molecule has 31 heavy (non-hydrogen) atoms. The zero-order chi connectivity index (χ0) is 22.3. The van der Waals surface area contributed by atoms with Crippen LogP contribution >= 0.6 is 0 Å². The van der Waals surface area contributed by atoms with Crippen LogP contribution < -0.4 is 9.47 Å². The molecule has 0 saturated carbocycles. The van der Waals surface area contributed by atoms with Gasteiger partial charge in [-0.05, 0) is 17.7 Å². The van der Waals surface area contributed by atoms with Gasteiger partial charge in [0.05, 0.1) is 12.5 Å². The van der Waals surface area contributed by atoms with Crippen molar-refractivity contribution >= 4 is 5.78 Å². The Bertz CT molecular complexity index is 957. The van der Waals surface area contributed by atoms with Crippen molar-refractivity contribution in [3.8, 4) is 23.0 Å². The number of Topliss-reactive ketones (excluding diaryl/α,β-unsaturated/α-hetero) is 1. The van der Waals surface area contributed by atoms with E-state index in [0.29, 0.717) is 5.56 Å². The summed E-state index contributed by atoms with van der Waals surface area (Å²) < 4.78 is 16.4. The van der Waals surface area contributed by atoms with Crippen LogP contribution in [-0.2, 0) is 4.74 Å². The Hall–Kier alpha value is -2.89. The van der Waals surface area contributed by atoms with Crippen LogP contribution in [0.15, 0.2) is 36.4 Å². The van der Waals surface area contributed by atoms with Crippen LogP contribution in [0.3, 0.4) is 0 Å². The molecule has 2 aromatic rings. The van der Waals surface area contributed by atoms with Gasteiger partial charge in [0, 0.05) is 12.1 Å². The highest BCUT2D eigenvalue weighted by Crippen LogP contribution is 2.41. The summed E-state index contributed by atoms with van der Waals surface area (Å²) in [6.45, 7) is -0.615. The Labute approximate surface area is 176 Å². The van der Waals surface area contributed by atoms with Crippen LogP contribution in [0.4, 0.5) is 0 Å². The Morgan fingerprint density at radius 1 is 1.00 bits per heavy atom. The van der Waals surface area contributed by atoms with Crippen LogP contribution in [0.25, 0.3) is 0 Å². The lowest BCUT2D eigenvalue weighted by atomic mass is 9.88. The monoisotopic (exact) mass is 434 g/mol. The number of hydrogen-bond donors (Lipinski definition) is 6. The van der Waals surface area contributed by atoms with E-state index in [1.54, 1.807) is 12.1 Å². The van der Waals surface area contributed by atoms with Gasteiger partial charge in [-0.1, -0.05) is 12.1 Å². The van der Waals surface area contributed by atoms with Crippen molar-refractivity contribution in [1.29, 1.82) is 0 Å². The van der Waals surface area contributed by atoms with E-state index >= 15 is 0 Å². The number of ether oxygens (including phenoxy) is 3. The van der Waals surface area contributed by atoms with Crippen molar-refractivity contribution in [3.05, 3.63) is 47.5 Å². The Morgan fingerprint density at radius 2 is 1.71 bits per heavy atom. The normalized spacial score (nSPS) is 30.4. The summed E-state index contributed by atoms with van der Waals surface area (Å²) in [5, 5.41) is 59.0. The number of ketones is 1. The summed E-state index contributed by atoms with van der Waals surface area (Å²) in [6, 6.07) is 8.58. The lowest BCUT2D eigenvalue weighted by Gasteiger charge is -2.39. The van der Waals surface area contributed by atoms with Crippen molar-refractivity contribution in [2.45, 2.75) is 36.6 Å². The van der Waals surface area contributed by atoms with Crippen molar-refractivity contribution < 1.29 is 49.6 Å². The average Bonchev–Trinajstić information content (AvgIpc) is 2.75. The molecule has 0 radical (unpaired) electrons. The highest BCUT2D eigenvalue weighted by Gasteiger charge is 2.45. The van der Waals surface area contributed by atoms with Gasteiger partial charge in [0.1, 0.15) is 59.6 Å². The van der Waals surface area contributed by atoms with E-state index in [0.717, 1.165) is 6.07 Å². The third-order valence-electron chi connectivity index (χ3n) is 5.42. The molecule has 1 fully saturated rings. The molecular weight excluding hydrogens is 412 g/mol. The van der Waals surface area contributed by atoms with E-state index in [4.69, 9.17) is 14.2 Å². The van der Waals surface area contributed by atoms with Gasteiger partial charge >= 0.3 is 0 Å². The van der Waals surface area contributed by atoms with Gasteiger partial charge in [0.25, 0.3) is 0 Å². The first kappa shape index (κ1) is 21.3. The number of carbonyl (C=O) groups excluding carboxylic acids is 1. The topological polar surface area (TPSA) is 166 Å². The summed E-state index contributed by atoms with van der Waals surface area (Å²) in [5.41, 5.74) is 0.583. The summed E-state index contributed by atoms with van der Waals surface area (Å²) in [4.78, 5) is 12.9. The van der Waals surface area contributed by atoms with Crippen LogP contribution in [0.1, 0.15) is 21.8 Å². The fourth-order valence-corrected chi connectivity index (χ4v) is 3.68. The van der Waals surface area contributed by atoms with Gasteiger partial charge < -0.3 is 44.8 Å². The summed E-state index contributed by atoms with van der Waals surface area (Å²) in [6.07, 6.45) is -7.38. The molecule has 0 amide bonds. The van der Waals surface area contributed by atoms with Gasteiger partial charge in [0.2, 0.25) is 6.29 Å². The first-order chi connectivity index (χ1) is 14.8. The maximum absolute atomic E-state index is 12.9. The van der Waals surface area contributed by atoms with Crippen molar-refractivity contribution in [2.24, 2.45) is 0 Å². The SMILES string of the molecule is O=C1c2c(O)cc(O[C@@H]3O[C@H](CO)[C@@H](O)[C@H](O)[C@@H]3O)cc2OC[C@@H]1c1ccc(O)cc1. The van der Waals surface area contributed by atoms with Gasteiger partial charge in [-0.25, -0.2) is 0 Å². The molecule has 0 aliphatic carbocycles. The number of carbonyl (C=O) groups is 1. The number of hydrogen-bond acceptors (Lipinski definition) is 10. The molecule has 10 heteroatoms. The Kier molecular flexibility index (Phi) is 5.73. The zero-order valence-electron chi connectivity index (χ0n) is 16.2. The first-order valence-corrected chi connectivity index (χ1v) is 9.60. The smallest absolute Gasteiger partial charge is 0.229 e. The molecule has 0 unspecified atom stereocenters. The lowest BCUT2D eigenvalue weighted by Crippen LogP contribution is -2.60. The molecule has 1 saturated heterocycles. The number of phenols is 2. The number of phenolic OH excluding ortho intramolecular Hbond substituents is 2. The van der Waals surface area contributed by atoms with E-state index in [1.807, 2.05) is 0 Å². The van der Waals surface area contributed by atoms with E-state index in [2.05, 4.69) is 0 Å². The van der Waals surface area contributed by atoms with E-state index in [9.17, 15) is 35.4 Å². The van der Waals surface area contributed by atoms with E-state index in [-0.39, 0.29) is 35.2 Å². The molecule has 6 N–H and O–H groups in total. The highest BCUT2D eigenvalue weighted by molar-refractivity contribution is 6.06. The maximum Gasteiger partial charge on any atom is 0.229 e. The second-order valence-electron chi connectivity index (χ2n) is 7.45. The number of aromatic hydroxyl groups is 2. The summed E-state index contributed by atoms with van der Waals surface area (Å²) >= 11 is 0. The van der Waals surface area contributed by atoms with Crippen molar-refractivity contribution in [2.75, 3.05) is 13.2 Å². The van der Waals surface area contributed by atoms with Gasteiger partial charge in [0.15, 0.2) is 5.78 Å². The van der Waals surface area contributed by atoms with Crippen molar-refractivity contribution in [3.63, 3.8) is 0 Å². The quantitative estimate of drug-likeness (QED) is 0.374. The molecule has 0 spiro atoms. The molecule has 0 bridgehead atoms. The fraction of sp³-hybridized carbons (Fsp3) is 0.381. The number of aliphatic hydroxyl groups is 4. The molecule has 4 rings (SSSR count). The molecule has 2 aromatic carbocycles. The van der Waals surface area contributed by atoms with Crippen molar-refractivity contribution in [1.82, 2.24) is 0 Å². The predicted molar refractivity (Wildman–Crippen MR) is 103 cm³/mol. The summed E-state index contributed by atoms with van der Waals surface area (Å²) in [7, 11) is 0. The van der Waals surface area contributed by atoms with E-state index in [1.165, 1.54) is 18.2 Å². The standard InChI is InChI=1S/C21H22O10/c22-7-15-18(26)19(27)20(28)21(31-15)30-11-5-13(24)16-14(6-11)29-8-12(17(16)25)9-1-3-10(23)4-2-9/h1-6,12,15,18-24,26-28H,7-8H2/t12-,15-,18-,19+,20+,21-/m1/s1. The van der Waals surface area contributed by atoms with Gasteiger partial charge in [-0.15, -0.1) is 0 Å². The first-order valence-electron chi connectivity index (χ1n) is 9.60. The predicted octanol–water partition coefficient (Wildman–Crippen LogP) is -0.365. The minimum atomic E-state index is -1.63.